The fourth-order valence-electron chi connectivity index (χ4n) is 6.94. The van der Waals surface area contributed by atoms with Gasteiger partial charge in [0, 0.05) is 38.3 Å². The number of anilines is 1. The van der Waals surface area contributed by atoms with Crippen LogP contribution in [-0.2, 0) is 0 Å². The van der Waals surface area contributed by atoms with Gasteiger partial charge < -0.3 is 9.64 Å². The molecule has 41 heavy (non-hydrogen) atoms. The Morgan fingerprint density at radius 2 is 1.51 bits per heavy atom. The van der Waals surface area contributed by atoms with Crippen molar-refractivity contribution < 1.29 is 19.1 Å². The summed E-state index contributed by atoms with van der Waals surface area (Å²) in [7, 11) is 1.56. The number of halogens is 2. The molecular weight excluding hydrogens is 557 g/mol. The van der Waals surface area contributed by atoms with Gasteiger partial charge in [0.1, 0.15) is 17.2 Å². The molecule has 2 aliphatic heterocycles. The highest BCUT2D eigenvalue weighted by Gasteiger charge is 2.71. The molecule has 3 atom stereocenters. The van der Waals surface area contributed by atoms with Gasteiger partial charge in [-0.2, -0.15) is 0 Å². The molecule has 202 valence electrons. The van der Waals surface area contributed by atoms with Crippen LogP contribution in [0, 0.1) is 5.41 Å². The van der Waals surface area contributed by atoms with Gasteiger partial charge in [-0.3, -0.25) is 14.4 Å². The molecule has 0 radical (unpaired) electrons. The molecule has 0 unspecified atom stereocenters. The predicted molar refractivity (Wildman–Crippen MR) is 160 cm³/mol. The van der Waals surface area contributed by atoms with Crippen LogP contribution in [0.1, 0.15) is 48.1 Å². The molecule has 0 saturated carbocycles. The second-order valence-electron chi connectivity index (χ2n) is 10.5. The highest BCUT2D eigenvalue weighted by atomic mass is 35.5. The Balaban J connectivity index is 1.55. The number of Topliss-reactive ketones (excluding diaryl/α,β-unsaturated/α-hetero) is 3. The fraction of sp³-hybridized carbons (Fsp3) is 0.147. The minimum absolute atomic E-state index is 0.229. The molecule has 1 saturated heterocycles. The van der Waals surface area contributed by atoms with Gasteiger partial charge >= 0.3 is 0 Å². The molecule has 4 aromatic rings. The van der Waals surface area contributed by atoms with Crippen LogP contribution in [0.4, 0.5) is 5.69 Å². The van der Waals surface area contributed by atoms with E-state index in [0.717, 1.165) is 11.3 Å². The highest BCUT2D eigenvalue weighted by molar-refractivity contribution is 6.36. The molecule has 1 fully saturated rings. The van der Waals surface area contributed by atoms with Gasteiger partial charge in [-0.15, -0.1) is 0 Å². The fourth-order valence-corrected chi connectivity index (χ4v) is 7.47. The summed E-state index contributed by atoms with van der Waals surface area (Å²) in [6.45, 7) is 0. The maximum Gasteiger partial charge on any atom is 0.185 e. The molecule has 0 amide bonds. The molecule has 0 N–H and O–H groups in total. The normalized spacial score (nSPS) is 21.5. The van der Waals surface area contributed by atoms with Gasteiger partial charge in [-0.05, 0) is 53.6 Å². The lowest BCUT2D eigenvalue weighted by Gasteiger charge is -2.37. The molecule has 4 aromatic carbocycles. The third kappa shape index (κ3) is 3.52. The molecule has 2 heterocycles. The van der Waals surface area contributed by atoms with Gasteiger partial charge in [0.2, 0.25) is 0 Å². The van der Waals surface area contributed by atoms with Crippen LogP contribution in [0.3, 0.4) is 0 Å². The number of ether oxygens (including phenoxy) is 1. The van der Waals surface area contributed by atoms with Crippen molar-refractivity contribution in [1.82, 2.24) is 0 Å². The van der Waals surface area contributed by atoms with Crippen molar-refractivity contribution in [2.24, 2.45) is 5.41 Å². The van der Waals surface area contributed by atoms with Crippen molar-refractivity contribution in [1.29, 1.82) is 0 Å². The number of hydrogen-bond acceptors (Lipinski definition) is 5. The van der Waals surface area contributed by atoms with E-state index in [4.69, 9.17) is 27.9 Å². The maximum absolute atomic E-state index is 14.7. The van der Waals surface area contributed by atoms with Crippen molar-refractivity contribution >= 4 is 52.3 Å². The Morgan fingerprint density at radius 3 is 2.17 bits per heavy atom. The molecule has 1 spiro atoms. The number of methoxy groups -OCH3 is 1. The van der Waals surface area contributed by atoms with Gasteiger partial charge in [0.15, 0.2) is 17.3 Å². The summed E-state index contributed by atoms with van der Waals surface area (Å²) in [5.74, 6) is -1.14. The molecular formula is C34H23Cl2NO4. The van der Waals surface area contributed by atoms with E-state index in [0.29, 0.717) is 38.0 Å². The number of benzene rings is 4. The lowest BCUT2D eigenvalue weighted by Crippen LogP contribution is -2.48. The van der Waals surface area contributed by atoms with E-state index in [2.05, 4.69) is 0 Å². The molecule has 3 aliphatic rings. The van der Waals surface area contributed by atoms with Crippen LogP contribution in [0.5, 0.6) is 5.75 Å². The molecule has 1 aliphatic carbocycles. The second-order valence-corrected chi connectivity index (χ2v) is 11.4. The molecule has 0 aromatic heterocycles. The van der Waals surface area contributed by atoms with E-state index in [-0.39, 0.29) is 17.3 Å². The van der Waals surface area contributed by atoms with Crippen LogP contribution in [0.2, 0.25) is 10.0 Å². The Labute approximate surface area is 247 Å². The smallest absolute Gasteiger partial charge is 0.185 e. The summed E-state index contributed by atoms with van der Waals surface area (Å²) in [5.41, 5.74) is 1.72. The van der Waals surface area contributed by atoms with Crippen LogP contribution < -0.4 is 9.64 Å². The van der Waals surface area contributed by atoms with Gasteiger partial charge in [-0.1, -0.05) is 83.9 Å². The van der Waals surface area contributed by atoms with E-state index in [1.165, 1.54) is 0 Å². The van der Waals surface area contributed by atoms with E-state index >= 15 is 0 Å². The third-order valence-corrected chi connectivity index (χ3v) is 9.22. The van der Waals surface area contributed by atoms with Crippen molar-refractivity contribution in [2.75, 3.05) is 12.0 Å². The first-order valence-electron chi connectivity index (χ1n) is 13.3. The summed E-state index contributed by atoms with van der Waals surface area (Å²) >= 11 is 13.2. The van der Waals surface area contributed by atoms with Crippen molar-refractivity contribution in [3.8, 4) is 5.75 Å². The molecule has 0 bridgehead atoms. The average Bonchev–Trinajstić information content (AvgIpc) is 3.43. The van der Waals surface area contributed by atoms with Crippen LogP contribution in [0.25, 0.3) is 6.08 Å². The molecule has 7 rings (SSSR count). The number of ketones is 3. The van der Waals surface area contributed by atoms with E-state index in [1.54, 1.807) is 73.8 Å². The first-order chi connectivity index (χ1) is 19.9. The average molecular weight is 580 g/mol. The summed E-state index contributed by atoms with van der Waals surface area (Å²) in [6.07, 6.45) is 3.82. The maximum atomic E-state index is 14.7. The quantitative estimate of drug-likeness (QED) is 0.187. The number of para-hydroxylation sites is 1. The Morgan fingerprint density at radius 1 is 0.854 bits per heavy atom. The summed E-state index contributed by atoms with van der Waals surface area (Å²) in [5, 5.41) is 0.710. The van der Waals surface area contributed by atoms with Gasteiger partial charge in [0.05, 0.1) is 13.2 Å². The largest absolute Gasteiger partial charge is 0.497 e. The topological polar surface area (TPSA) is 63.7 Å². The van der Waals surface area contributed by atoms with E-state index in [1.807, 2.05) is 41.3 Å². The minimum Gasteiger partial charge on any atom is -0.497 e. The van der Waals surface area contributed by atoms with Crippen molar-refractivity contribution in [3.63, 3.8) is 0 Å². The molecule has 7 heteroatoms. The predicted octanol–water partition coefficient (Wildman–Crippen LogP) is 7.32. The zero-order valence-electron chi connectivity index (χ0n) is 21.9. The number of hydrogen-bond donors (Lipinski definition) is 0. The van der Waals surface area contributed by atoms with Gasteiger partial charge in [-0.25, -0.2) is 0 Å². The number of carbonyl (C=O) groups is 3. The van der Waals surface area contributed by atoms with Crippen molar-refractivity contribution in [3.05, 3.63) is 135 Å². The van der Waals surface area contributed by atoms with Crippen LogP contribution in [-0.4, -0.2) is 36.5 Å². The number of fused-ring (bicyclic) bond motifs is 5. The zero-order valence-corrected chi connectivity index (χ0v) is 23.4. The van der Waals surface area contributed by atoms with E-state index < -0.39 is 23.4 Å². The van der Waals surface area contributed by atoms with Gasteiger partial charge in [0.25, 0.3) is 0 Å². The number of carbonyl (C=O) groups excluding carboxylic acids is 3. The Hall–Kier alpha value is -4.19. The number of rotatable bonds is 4. The third-order valence-electron chi connectivity index (χ3n) is 8.65. The Bertz CT molecular complexity index is 1760. The van der Waals surface area contributed by atoms with Crippen LogP contribution >= 0.6 is 23.2 Å². The van der Waals surface area contributed by atoms with Crippen LogP contribution in [0.15, 0.2) is 97.1 Å². The summed E-state index contributed by atoms with van der Waals surface area (Å²) < 4.78 is 5.31. The molecule has 5 nitrogen and oxygen atoms in total. The number of nitrogens with zero attached hydrogens (tertiary/aromatic N) is 1. The zero-order chi connectivity index (χ0) is 28.5. The van der Waals surface area contributed by atoms with E-state index in [9.17, 15) is 14.4 Å². The SMILES string of the molecule is COc1ccc(C(=O)[C@@H]2[C@@H](c3ccc(Cl)cc3Cl)C3(C(=O)c4ccccc4C3=O)[C@H]3C=Cc4ccccc4N23)cc1. The second kappa shape index (κ2) is 9.44. The van der Waals surface area contributed by atoms with Crippen molar-refractivity contribution in [2.45, 2.75) is 18.0 Å². The lowest BCUT2D eigenvalue weighted by atomic mass is 9.64. The minimum atomic E-state index is -1.63. The highest BCUT2D eigenvalue weighted by Crippen LogP contribution is 2.61. The monoisotopic (exact) mass is 579 g/mol. The lowest BCUT2D eigenvalue weighted by molar-refractivity contribution is 0.0666. The standard InChI is InChI=1S/C34H23Cl2NO4/c1-41-22-14-10-20(11-15-22)31(38)30-29(25-16-13-21(35)18-26(25)36)34(32(39)23-7-3-4-8-24(23)33(34)40)28-17-12-19-6-2-5-9-27(19)37(28)30/h2-18,28-30H,1H3/t28-,29-,30+/m1/s1. The first kappa shape index (κ1) is 25.8. The summed E-state index contributed by atoms with van der Waals surface area (Å²) in [6, 6.07) is 24.8. The summed E-state index contributed by atoms with van der Waals surface area (Å²) in [4.78, 5) is 46.0. The Kier molecular flexibility index (Phi) is 5.93. The first-order valence-corrected chi connectivity index (χ1v) is 14.0.